The van der Waals surface area contributed by atoms with Crippen LogP contribution in [0.15, 0.2) is 12.2 Å². The monoisotopic (exact) mass is 266 g/mol. The summed E-state index contributed by atoms with van der Waals surface area (Å²) >= 11 is 0. The molecular formula is C11H24NO4S+. The van der Waals surface area contributed by atoms with Crippen molar-refractivity contribution in [3.05, 3.63) is 12.2 Å². The summed E-state index contributed by atoms with van der Waals surface area (Å²) in [7, 11) is -0.0265. The summed E-state index contributed by atoms with van der Waals surface area (Å²) in [5.74, 6) is -0.236. The van der Waals surface area contributed by atoms with Crippen LogP contribution in [0.25, 0.3) is 0 Å². The van der Waals surface area contributed by atoms with Gasteiger partial charge in [-0.05, 0) is 32.3 Å². The van der Waals surface area contributed by atoms with Gasteiger partial charge in [0.15, 0.2) is 0 Å². The van der Waals surface area contributed by atoms with E-state index < -0.39 is 10.1 Å². The molecule has 102 valence electrons. The Balaban J connectivity index is 4.32. The van der Waals surface area contributed by atoms with Crippen LogP contribution in [-0.2, 0) is 15.0 Å². The second-order valence-electron chi connectivity index (χ2n) is 4.76. The number of nitrogens with zero attached hydrogens (tertiary/aromatic N) is 1. The Kier molecular flexibility index (Phi) is 6.32. The van der Waals surface area contributed by atoms with Crippen LogP contribution in [0.3, 0.4) is 0 Å². The van der Waals surface area contributed by atoms with E-state index in [9.17, 15) is 8.42 Å². The minimum atomic E-state index is -3.89. The van der Waals surface area contributed by atoms with Crippen LogP contribution in [0.4, 0.5) is 0 Å². The normalized spacial score (nSPS) is 14.6. The Morgan fingerprint density at radius 1 is 1.47 bits per heavy atom. The maximum Gasteiger partial charge on any atom is 0.264 e. The molecule has 0 bridgehead atoms. The Labute approximate surface area is 104 Å². The van der Waals surface area contributed by atoms with E-state index in [-0.39, 0.29) is 11.9 Å². The van der Waals surface area contributed by atoms with Crippen LogP contribution in [0.2, 0.25) is 0 Å². The van der Waals surface area contributed by atoms with Crippen molar-refractivity contribution in [2.45, 2.75) is 32.8 Å². The second-order valence-corrected chi connectivity index (χ2v) is 6.33. The Bertz CT molecular complexity index is 348. The molecule has 0 aromatic heterocycles. The van der Waals surface area contributed by atoms with Crippen molar-refractivity contribution in [1.29, 1.82) is 0 Å². The number of hydrogen-bond acceptors (Lipinski definition) is 3. The van der Waals surface area contributed by atoms with Crippen LogP contribution in [0.5, 0.6) is 0 Å². The molecule has 0 aliphatic rings. The zero-order valence-electron chi connectivity index (χ0n) is 11.1. The van der Waals surface area contributed by atoms with Crippen LogP contribution in [0, 0.1) is 0 Å². The lowest BCUT2D eigenvalue weighted by Crippen LogP contribution is -2.43. The predicted octanol–water partition coefficient (Wildman–Crippen LogP) is 1.63. The van der Waals surface area contributed by atoms with Gasteiger partial charge in [0.1, 0.15) is 12.6 Å². The van der Waals surface area contributed by atoms with Crippen molar-refractivity contribution in [3.8, 4) is 0 Å². The minimum Gasteiger partial charge on any atom is -0.286 e. The molecule has 0 spiro atoms. The largest absolute Gasteiger partial charge is 0.286 e. The first kappa shape index (κ1) is 16.6. The molecule has 1 atom stereocenters. The third-order valence-corrected chi connectivity index (χ3v) is 3.40. The third-order valence-electron chi connectivity index (χ3n) is 2.59. The fourth-order valence-electron chi connectivity index (χ4n) is 1.26. The fourth-order valence-corrected chi connectivity index (χ4v) is 1.79. The van der Waals surface area contributed by atoms with Gasteiger partial charge < -0.3 is 0 Å². The first-order valence-electron chi connectivity index (χ1n) is 5.69. The van der Waals surface area contributed by atoms with E-state index in [2.05, 4.69) is 6.58 Å². The van der Waals surface area contributed by atoms with Crippen LogP contribution in [0.1, 0.15) is 26.7 Å². The number of hydroxylamine groups is 3. The molecule has 0 aromatic rings. The van der Waals surface area contributed by atoms with E-state index in [1.807, 2.05) is 27.9 Å². The molecule has 5 nitrogen and oxygen atoms in total. The highest BCUT2D eigenvalue weighted by Gasteiger charge is 2.22. The topological polar surface area (TPSA) is 63.6 Å². The van der Waals surface area contributed by atoms with Gasteiger partial charge in [0, 0.05) is 0 Å². The molecule has 17 heavy (non-hydrogen) atoms. The summed E-state index contributed by atoms with van der Waals surface area (Å²) in [4.78, 5) is 5.82. The standard InChI is InChI=1S/C11H23NO4S/c1-6-12(4,5)16-11(10(2)3)8-7-9-17(13,14)15/h11H,2,6-9H2,1,3-5H3/p+1. The number of quaternary nitrogens is 1. The maximum atomic E-state index is 10.6. The van der Waals surface area contributed by atoms with Crippen LogP contribution < -0.4 is 0 Å². The predicted molar refractivity (Wildman–Crippen MR) is 68.0 cm³/mol. The van der Waals surface area contributed by atoms with Gasteiger partial charge in [-0.3, -0.25) is 4.55 Å². The molecule has 0 saturated carbocycles. The molecule has 1 N–H and O–H groups in total. The second kappa shape index (κ2) is 6.49. The lowest BCUT2D eigenvalue weighted by Gasteiger charge is -2.30. The Morgan fingerprint density at radius 2 is 2.00 bits per heavy atom. The lowest BCUT2D eigenvalue weighted by atomic mass is 10.1. The summed E-state index contributed by atoms with van der Waals surface area (Å²) < 4.78 is 30.3. The van der Waals surface area contributed by atoms with Gasteiger partial charge in [0.25, 0.3) is 10.1 Å². The molecule has 0 saturated heterocycles. The van der Waals surface area contributed by atoms with Gasteiger partial charge in [-0.1, -0.05) is 6.58 Å². The van der Waals surface area contributed by atoms with Crippen molar-refractivity contribution < 1.29 is 22.5 Å². The molecule has 6 heteroatoms. The highest BCUT2D eigenvalue weighted by molar-refractivity contribution is 7.85. The highest BCUT2D eigenvalue weighted by atomic mass is 32.2. The van der Waals surface area contributed by atoms with Crippen molar-refractivity contribution in [2.24, 2.45) is 0 Å². The van der Waals surface area contributed by atoms with E-state index in [1.54, 1.807) is 0 Å². The molecule has 1 unspecified atom stereocenters. The summed E-state index contributed by atoms with van der Waals surface area (Å²) in [6.07, 6.45) is 0.711. The molecular weight excluding hydrogens is 242 g/mol. The zero-order chi connectivity index (χ0) is 13.7. The van der Waals surface area contributed by atoms with E-state index in [1.165, 1.54) is 0 Å². The van der Waals surface area contributed by atoms with Gasteiger partial charge in [-0.25, -0.2) is 0 Å². The SMILES string of the molecule is C=C(C)C(CCCS(=O)(=O)O)O[N+](C)(C)CC. The molecule has 0 rings (SSSR count). The fraction of sp³-hybridized carbons (Fsp3) is 0.818. The quantitative estimate of drug-likeness (QED) is 0.314. The Morgan fingerprint density at radius 3 is 2.35 bits per heavy atom. The van der Waals surface area contributed by atoms with E-state index in [4.69, 9.17) is 9.39 Å². The maximum absolute atomic E-state index is 10.6. The smallest absolute Gasteiger partial charge is 0.264 e. The zero-order valence-corrected chi connectivity index (χ0v) is 12.0. The van der Waals surface area contributed by atoms with Gasteiger partial charge >= 0.3 is 0 Å². The van der Waals surface area contributed by atoms with Crippen molar-refractivity contribution in [2.75, 3.05) is 26.4 Å². The van der Waals surface area contributed by atoms with E-state index >= 15 is 0 Å². The third kappa shape index (κ3) is 8.31. The number of rotatable bonds is 8. The van der Waals surface area contributed by atoms with E-state index in [0.29, 0.717) is 17.5 Å². The molecule has 0 aliphatic heterocycles. The van der Waals surface area contributed by atoms with Gasteiger partial charge in [0.05, 0.1) is 19.8 Å². The first-order valence-corrected chi connectivity index (χ1v) is 7.30. The van der Waals surface area contributed by atoms with Crippen molar-refractivity contribution >= 4 is 10.1 Å². The Hall–Kier alpha value is -0.430. The number of hydrogen-bond donors (Lipinski definition) is 1. The molecule has 0 fully saturated rings. The minimum absolute atomic E-state index is 0.188. The highest BCUT2D eigenvalue weighted by Crippen LogP contribution is 2.16. The van der Waals surface area contributed by atoms with E-state index in [0.717, 1.165) is 12.1 Å². The lowest BCUT2D eigenvalue weighted by molar-refractivity contribution is -1.08. The molecule has 0 amide bonds. The van der Waals surface area contributed by atoms with Gasteiger partial charge in [-0.15, -0.1) is 0 Å². The molecule has 0 radical (unpaired) electrons. The summed E-state index contributed by atoms with van der Waals surface area (Å²) in [5, 5.41) is 0. The van der Waals surface area contributed by atoms with Crippen LogP contribution >= 0.6 is 0 Å². The average molecular weight is 266 g/mol. The molecule has 0 aliphatic carbocycles. The summed E-state index contributed by atoms with van der Waals surface area (Å²) in [5.41, 5.74) is 0.861. The van der Waals surface area contributed by atoms with Gasteiger partial charge in [-0.2, -0.15) is 17.9 Å². The van der Waals surface area contributed by atoms with Gasteiger partial charge in [0.2, 0.25) is 0 Å². The molecule has 0 heterocycles. The van der Waals surface area contributed by atoms with Crippen molar-refractivity contribution in [1.82, 2.24) is 0 Å². The first-order chi connectivity index (χ1) is 7.57. The van der Waals surface area contributed by atoms with Crippen molar-refractivity contribution in [3.63, 3.8) is 0 Å². The average Bonchev–Trinajstić information content (AvgIpc) is 2.14. The summed E-state index contributed by atoms with van der Waals surface area (Å²) in [6.45, 7) is 8.51. The van der Waals surface area contributed by atoms with Crippen LogP contribution in [-0.4, -0.2) is 50.1 Å². The summed E-state index contributed by atoms with van der Waals surface area (Å²) in [6, 6.07) is 0. The molecule has 0 aromatic carbocycles.